The number of hydrogen-bond acceptors (Lipinski definition) is 5. The monoisotopic (exact) mass is 309 g/mol. The maximum absolute atomic E-state index is 11.2. The zero-order valence-electron chi connectivity index (χ0n) is 10.0. The smallest absolute Gasteiger partial charge is 0.358 e. The minimum Gasteiger partial charge on any atom is -0.393 e. The van der Waals surface area contributed by atoms with E-state index >= 15 is 0 Å². The van der Waals surface area contributed by atoms with Crippen LogP contribution in [0.25, 0.3) is 0 Å². The molecule has 102 valence electrons. The third-order valence-corrected chi connectivity index (χ3v) is 7.63. The molecule has 18 heavy (non-hydrogen) atoms. The van der Waals surface area contributed by atoms with Crippen LogP contribution in [-0.4, -0.2) is 26.1 Å². The third-order valence-electron chi connectivity index (χ3n) is 2.34. The van der Waals surface area contributed by atoms with Gasteiger partial charge in [-0.25, -0.2) is 0 Å². The number of benzene rings is 1. The molecule has 0 bridgehead atoms. The lowest BCUT2D eigenvalue weighted by atomic mass is 10.2. The lowest BCUT2D eigenvalue weighted by molar-refractivity contribution is 0.255. The van der Waals surface area contributed by atoms with Crippen LogP contribution in [0.5, 0.6) is 0 Å². The Hall–Kier alpha value is -0.0100. The molecular formula is C10H16NO4PS2. The summed E-state index contributed by atoms with van der Waals surface area (Å²) >= 11 is 0. The second-order valence-electron chi connectivity index (χ2n) is 3.98. The first-order valence-electron chi connectivity index (χ1n) is 5.08. The van der Waals surface area contributed by atoms with E-state index in [1.54, 1.807) is 0 Å². The molecule has 0 saturated heterocycles. The summed E-state index contributed by atoms with van der Waals surface area (Å²) in [5, 5.41) is 9.07. The fraction of sp³-hybridized carbons (Fsp3) is 0.400. The molecule has 5 nitrogen and oxygen atoms in total. The Kier molecular flexibility index (Phi) is 5.32. The highest BCUT2D eigenvalue weighted by molar-refractivity contribution is 8.78. The van der Waals surface area contributed by atoms with Crippen molar-refractivity contribution in [3.8, 4) is 0 Å². The van der Waals surface area contributed by atoms with Gasteiger partial charge in [0.05, 0.1) is 6.61 Å². The molecule has 0 saturated carbocycles. The molecule has 0 aliphatic rings. The number of aliphatic hydroxyl groups excluding tert-OH is 1. The van der Waals surface area contributed by atoms with Crippen molar-refractivity contribution in [1.29, 1.82) is 0 Å². The average Bonchev–Trinajstić information content (AvgIpc) is 2.28. The summed E-state index contributed by atoms with van der Waals surface area (Å²) in [4.78, 5) is 19.1. The average molecular weight is 309 g/mol. The lowest BCUT2D eigenvalue weighted by Crippen LogP contribution is -2.38. The van der Waals surface area contributed by atoms with Crippen LogP contribution in [0, 0.1) is 13.8 Å². The summed E-state index contributed by atoms with van der Waals surface area (Å²) in [6.07, 6.45) is 0. The van der Waals surface area contributed by atoms with Crippen molar-refractivity contribution in [3.63, 3.8) is 0 Å². The Bertz CT molecular complexity index is 479. The van der Waals surface area contributed by atoms with Crippen LogP contribution in [0.1, 0.15) is 11.1 Å². The number of hydrogen-bond donors (Lipinski definition) is 4. The van der Waals surface area contributed by atoms with Gasteiger partial charge in [0.25, 0.3) is 0 Å². The van der Waals surface area contributed by atoms with Crippen molar-refractivity contribution >= 4 is 29.2 Å². The molecule has 0 aliphatic heterocycles. The van der Waals surface area contributed by atoms with Gasteiger partial charge in [-0.3, -0.25) is 4.57 Å². The van der Waals surface area contributed by atoms with Crippen molar-refractivity contribution in [1.82, 2.24) is 0 Å². The predicted molar refractivity (Wildman–Crippen MR) is 75.4 cm³/mol. The summed E-state index contributed by atoms with van der Waals surface area (Å²) in [7, 11) is -2.63. The Morgan fingerprint density at radius 3 is 2.50 bits per heavy atom. The van der Waals surface area contributed by atoms with Gasteiger partial charge in [-0.05, 0) is 31.0 Å². The van der Waals surface area contributed by atoms with Gasteiger partial charge in [-0.15, -0.1) is 0 Å². The van der Waals surface area contributed by atoms with E-state index in [1.165, 1.54) is 0 Å². The summed E-state index contributed by atoms with van der Waals surface area (Å²) in [6.45, 7) is 3.04. The van der Waals surface area contributed by atoms with E-state index in [-0.39, 0.29) is 0 Å². The van der Waals surface area contributed by atoms with Gasteiger partial charge in [0, 0.05) is 4.90 Å². The van der Waals surface area contributed by atoms with Crippen LogP contribution in [0.2, 0.25) is 0 Å². The molecule has 1 atom stereocenters. The largest absolute Gasteiger partial charge is 0.393 e. The molecule has 0 amide bonds. The molecule has 1 aromatic carbocycles. The molecule has 1 rings (SSSR count). The maximum atomic E-state index is 11.2. The summed E-state index contributed by atoms with van der Waals surface area (Å²) in [6, 6.07) is 5.78. The number of rotatable bonds is 5. The second-order valence-corrected chi connectivity index (χ2v) is 8.67. The maximum Gasteiger partial charge on any atom is 0.358 e. The summed E-state index contributed by atoms with van der Waals surface area (Å²) < 4.78 is 9.25. The minimum absolute atomic E-state index is 0.788. The van der Waals surface area contributed by atoms with Crippen molar-refractivity contribution < 1.29 is 19.5 Å². The van der Waals surface area contributed by atoms with E-state index in [4.69, 9.17) is 20.6 Å². The van der Waals surface area contributed by atoms with Crippen molar-refractivity contribution in [2.75, 3.05) is 6.61 Å². The van der Waals surface area contributed by atoms with Gasteiger partial charge in [-0.1, -0.05) is 33.7 Å². The molecule has 0 aromatic heterocycles. The Labute approximate surface area is 114 Å². The van der Waals surface area contributed by atoms with Crippen molar-refractivity contribution in [2.24, 2.45) is 5.73 Å². The quantitative estimate of drug-likeness (QED) is 0.374. The second kappa shape index (κ2) is 5.96. The number of aliphatic hydroxyl groups is 1. The van der Waals surface area contributed by atoms with E-state index < -0.39 is 18.8 Å². The Balaban J connectivity index is 2.87. The standard InChI is InChI=1S/C10H16NO4PS2/c1-7-3-4-8(2)9(5-7)17-18-10(11,6-12)16(13,14)15/h3-5,12H,6,11H2,1-2H3,(H2,13,14,15). The first-order valence-corrected chi connectivity index (χ1v) is 8.84. The molecule has 0 heterocycles. The zero-order valence-corrected chi connectivity index (χ0v) is 12.6. The van der Waals surface area contributed by atoms with Crippen LogP contribution >= 0.6 is 29.2 Å². The van der Waals surface area contributed by atoms with Crippen LogP contribution in [0.4, 0.5) is 0 Å². The highest BCUT2D eigenvalue weighted by Gasteiger charge is 2.44. The molecule has 1 unspecified atom stereocenters. The zero-order chi connectivity index (χ0) is 14.0. The predicted octanol–water partition coefficient (Wildman–Crippen LogP) is 1.83. The fourth-order valence-corrected chi connectivity index (χ4v) is 4.98. The van der Waals surface area contributed by atoms with Crippen molar-refractivity contribution in [3.05, 3.63) is 29.3 Å². The highest BCUT2D eigenvalue weighted by atomic mass is 33.1. The van der Waals surface area contributed by atoms with E-state index in [1.807, 2.05) is 32.0 Å². The molecule has 8 heteroatoms. The van der Waals surface area contributed by atoms with Gasteiger partial charge in [0.15, 0.2) is 4.61 Å². The minimum atomic E-state index is -4.58. The number of aryl methyl sites for hydroxylation is 2. The first kappa shape index (κ1) is 16.0. The van der Waals surface area contributed by atoms with E-state index in [9.17, 15) is 4.57 Å². The van der Waals surface area contributed by atoms with Crippen LogP contribution in [-0.2, 0) is 4.57 Å². The van der Waals surface area contributed by atoms with Gasteiger partial charge < -0.3 is 20.6 Å². The summed E-state index contributed by atoms with van der Waals surface area (Å²) in [5.41, 5.74) is 7.58. The van der Waals surface area contributed by atoms with Crippen LogP contribution < -0.4 is 5.73 Å². The third kappa shape index (κ3) is 3.74. The van der Waals surface area contributed by atoms with Gasteiger partial charge in [-0.2, -0.15) is 0 Å². The van der Waals surface area contributed by atoms with Gasteiger partial charge >= 0.3 is 7.60 Å². The van der Waals surface area contributed by atoms with E-state index in [2.05, 4.69) is 0 Å². The van der Waals surface area contributed by atoms with E-state index in [0.717, 1.165) is 37.6 Å². The van der Waals surface area contributed by atoms with E-state index in [0.29, 0.717) is 0 Å². The SMILES string of the molecule is Cc1ccc(C)c(SSC(N)(CO)P(=O)(O)O)c1. The van der Waals surface area contributed by atoms with Crippen LogP contribution in [0.3, 0.4) is 0 Å². The van der Waals surface area contributed by atoms with Gasteiger partial charge in [0.2, 0.25) is 0 Å². The number of nitrogens with two attached hydrogens (primary N) is 1. The Morgan fingerprint density at radius 2 is 2.00 bits per heavy atom. The molecule has 5 N–H and O–H groups in total. The fourth-order valence-electron chi connectivity index (χ4n) is 1.08. The lowest BCUT2D eigenvalue weighted by Gasteiger charge is -2.26. The van der Waals surface area contributed by atoms with Crippen molar-refractivity contribution in [2.45, 2.75) is 23.4 Å². The topological polar surface area (TPSA) is 104 Å². The summed E-state index contributed by atoms with van der Waals surface area (Å²) in [5.74, 6) is 0. The molecule has 1 aromatic rings. The van der Waals surface area contributed by atoms with Crippen LogP contribution in [0.15, 0.2) is 23.1 Å². The molecule has 0 aliphatic carbocycles. The normalized spacial score (nSPS) is 15.4. The molecule has 0 fully saturated rings. The highest BCUT2D eigenvalue weighted by Crippen LogP contribution is 2.58. The van der Waals surface area contributed by atoms with Gasteiger partial charge in [0.1, 0.15) is 0 Å². The molecule has 0 radical (unpaired) electrons. The molecular weight excluding hydrogens is 293 g/mol. The first-order chi connectivity index (χ1) is 8.19. The Morgan fingerprint density at radius 1 is 1.39 bits per heavy atom. The molecule has 0 spiro atoms.